The van der Waals surface area contributed by atoms with Gasteiger partial charge in [-0.25, -0.2) is 0 Å². The van der Waals surface area contributed by atoms with Crippen molar-refractivity contribution in [2.45, 2.75) is 26.3 Å². The van der Waals surface area contributed by atoms with E-state index in [2.05, 4.69) is 23.3 Å². The van der Waals surface area contributed by atoms with E-state index in [0.717, 1.165) is 29.9 Å². The molecule has 0 aromatic carbocycles. The summed E-state index contributed by atoms with van der Waals surface area (Å²) in [6.07, 6.45) is 6.08. The molecule has 3 nitrogen and oxygen atoms in total. The lowest BCUT2D eigenvalue weighted by Gasteiger charge is -2.16. The fourth-order valence-electron chi connectivity index (χ4n) is 1.99. The number of furan rings is 1. The Bertz CT molecular complexity index is 510. The summed E-state index contributed by atoms with van der Waals surface area (Å²) in [7, 11) is 0. The van der Waals surface area contributed by atoms with E-state index in [-0.39, 0.29) is 6.04 Å². The molecule has 0 bridgehead atoms. The first-order chi connectivity index (χ1) is 8.70. The third kappa shape index (κ3) is 3.12. The van der Waals surface area contributed by atoms with Crippen LogP contribution in [0, 0.1) is 6.92 Å². The highest BCUT2D eigenvalue weighted by atomic mass is 35.5. The molecule has 0 aliphatic carbocycles. The highest BCUT2D eigenvalue weighted by molar-refractivity contribution is 6.31. The van der Waals surface area contributed by atoms with Gasteiger partial charge in [-0.3, -0.25) is 4.98 Å². The molecule has 0 aliphatic rings. The Morgan fingerprint density at radius 1 is 1.50 bits per heavy atom. The average Bonchev–Trinajstić information content (AvgIpc) is 2.78. The molecule has 96 valence electrons. The zero-order valence-electron chi connectivity index (χ0n) is 10.6. The zero-order valence-corrected chi connectivity index (χ0v) is 11.4. The fourth-order valence-corrected chi connectivity index (χ4v) is 2.19. The van der Waals surface area contributed by atoms with E-state index < -0.39 is 0 Å². The predicted molar refractivity (Wildman–Crippen MR) is 72.8 cm³/mol. The average molecular weight is 265 g/mol. The van der Waals surface area contributed by atoms with Crippen LogP contribution in [0.1, 0.15) is 29.9 Å². The summed E-state index contributed by atoms with van der Waals surface area (Å²) in [4.78, 5) is 4.00. The molecule has 0 fully saturated rings. The third-order valence-electron chi connectivity index (χ3n) is 2.88. The Labute approximate surface area is 112 Å². The van der Waals surface area contributed by atoms with Gasteiger partial charge >= 0.3 is 0 Å². The number of hydrogen-bond donors (Lipinski definition) is 1. The van der Waals surface area contributed by atoms with Crippen LogP contribution in [0.4, 0.5) is 0 Å². The van der Waals surface area contributed by atoms with Crippen molar-refractivity contribution in [1.29, 1.82) is 0 Å². The number of nitrogens with one attached hydrogen (secondary N) is 1. The summed E-state index contributed by atoms with van der Waals surface area (Å²) in [5, 5.41) is 4.16. The van der Waals surface area contributed by atoms with Gasteiger partial charge < -0.3 is 9.73 Å². The number of pyridine rings is 1. The van der Waals surface area contributed by atoms with Gasteiger partial charge in [0.15, 0.2) is 0 Å². The Kier molecular flexibility index (Phi) is 4.39. The van der Waals surface area contributed by atoms with E-state index in [9.17, 15) is 0 Å². The van der Waals surface area contributed by atoms with Crippen LogP contribution in [-0.4, -0.2) is 11.5 Å². The first-order valence-corrected chi connectivity index (χ1v) is 6.45. The highest BCUT2D eigenvalue weighted by Crippen LogP contribution is 2.24. The molecular formula is C14H17ClN2O. The van der Waals surface area contributed by atoms with Gasteiger partial charge in [-0.1, -0.05) is 18.5 Å². The van der Waals surface area contributed by atoms with Gasteiger partial charge in [-0.15, -0.1) is 0 Å². The molecule has 2 aromatic heterocycles. The van der Waals surface area contributed by atoms with Gasteiger partial charge in [0.2, 0.25) is 0 Å². The summed E-state index contributed by atoms with van der Waals surface area (Å²) < 4.78 is 5.37. The largest absolute Gasteiger partial charge is 0.469 e. The van der Waals surface area contributed by atoms with Crippen molar-refractivity contribution >= 4 is 11.6 Å². The van der Waals surface area contributed by atoms with E-state index >= 15 is 0 Å². The van der Waals surface area contributed by atoms with Crippen molar-refractivity contribution in [3.8, 4) is 0 Å². The second-order valence-electron chi connectivity index (χ2n) is 4.27. The molecule has 4 heteroatoms. The van der Waals surface area contributed by atoms with Crippen LogP contribution in [0.3, 0.4) is 0 Å². The molecule has 0 aliphatic heterocycles. The minimum Gasteiger partial charge on any atom is -0.469 e. The topological polar surface area (TPSA) is 38.1 Å². The minimum atomic E-state index is 0.215. The van der Waals surface area contributed by atoms with Crippen LogP contribution in [0.25, 0.3) is 0 Å². The van der Waals surface area contributed by atoms with Crippen LogP contribution < -0.4 is 5.32 Å². The summed E-state index contributed by atoms with van der Waals surface area (Å²) in [5.74, 6) is 0.925. The van der Waals surface area contributed by atoms with Crippen LogP contribution in [0.2, 0.25) is 5.02 Å². The zero-order chi connectivity index (χ0) is 13.0. The third-order valence-corrected chi connectivity index (χ3v) is 3.22. The van der Waals surface area contributed by atoms with Crippen molar-refractivity contribution in [2.24, 2.45) is 0 Å². The predicted octanol–water partition coefficient (Wildman–Crippen LogP) is 3.53. The normalized spacial score (nSPS) is 12.6. The van der Waals surface area contributed by atoms with Crippen LogP contribution in [-0.2, 0) is 6.42 Å². The van der Waals surface area contributed by atoms with Crippen molar-refractivity contribution in [2.75, 3.05) is 6.54 Å². The Morgan fingerprint density at radius 2 is 2.33 bits per heavy atom. The first kappa shape index (κ1) is 13.1. The Morgan fingerprint density at radius 3 is 2.94 bits per heavy atom. The number of halogens is 1. The second kappa shape index (κ2) is 6.03. The van der Waals surface area contributed by atoms with Crippen molar-refractivity contribution in [3.05, 3.63) is 52.7 Å². The van der Waals surface area contributed by atoms with E-state index in [1.807, 2.05) is 13.0 Å². The van der Waals surface area contributed by atoms with Gasteiger partial charge in [0.05, 0.1) is 11.3 Å². The number of aromatic nitrogens is 1. The summed E-state index contributed by atoms with van der Waals surface area (Å²) in [5.41, 5.74) is 2.25. The van der Waals surface area contributed by atoms with Gasteiger partial charge in [-0.05, 0) is 37.6 Å². The van der Waals surface area contributed by atoms with Gasteiger partial charge in [0.1, 0.15) is 5.76 Å². The van der Waals surface area contributed by atoms with Crippen LogP contribution in [0.15, 0.2) is 35.2 Å². The summed E-state index contributed by atoms with van der Waals surface area (Å²) >= 11 is 6.15. The molecule has 0 saturated carbocycles. The van der Waals surface area contributed by atoms with E-state index in [0.29, 0.717) is 5.02 Å². The minimum absolute atomic E-state index is 0.215. The van der Waals surface area contributed by atoms with Crippen LogP contribution in [0.5, 0.6) is 0 Å². The van der Waals surface area contributed by atoms with Gasteiger partial charge in [-0.2, -0.15) is 0 Å². The SMILES string of the molecule is CCNC(Cc1ccncc1Cl)c1coc(C)c1. The fraction of sp³-hybridized carbons (Fsp3) is 0.357. The van der Waals surface area contributed by atoms with Gasteiger partial charge in [0.25, 0.3) is 0 Å². The summed E-state index contributed by atoms with van der Waals surface area (Å²) in [6, 6.07) is 4.23. The van der Waals surface area contributed by atoms with Crippen LogP contribution >= 0.6 is 11.6 Å². The molecule has 1 atom stereocenters. The van der Waals surface area contributed by atoms with E-state index in [1.165, 1.54) is 0 Å². The van der Waals surface area contributed by atoms with E-state index in [1.54, 1.807) is 18.7 Å². The number of hydrogen-bond acceptors (Lipinski definition) is 3. The second-order valence-corrected chi connectivity index (χ2v) is 4.68. The summed E-state index contributed by atoms with van der Waals surface area (Å²) in [6.45, 7) is 4.94. The quantitative estimate of drug-likeness (QED) is 0.898. The number of nitrogens with zero attached hydrogens (tertiary/aromatic N) is 1. The molecule has 0 saturated heterocycles. The first-order valence-electron chi connectivity index (χ1n) is 6.07. The van der Waals surface area contributed by atoms with Crippen molar-refractivity contribution < 1.29 is 4.42 Å². The lowest BCUT2D eigenvalue weighted by molar-refractivity contribution is 0.511. The molecule has 1 N–H and O–H groups in total. The highest BCUT2D eigenvalue weighted by Gasteiger charge is 2.14. The smallest absolute Gasteiger partial charge is 0.101 e. The molecule has 0 amide bonds. The number of aryl methyl sites for hydroxylation is 1. The molecule has 2 rings (SSSR count). The molecular weight excluding hydrogens is 248 g/mol. The maximum atomic E-state index is 6.15. The monoisotopic (exact) mass is 264 g/mol. The van der Waals surface area contributed by atoms with Gasteiger partial charge in [0, 0.05) is 24.0 Å². The maximum Gasteiger partial charge on any atom is 0.101 e. The number of likely N-dealkylation sites (N-methyl/N-ethyl adjacent to an activating group) is 1. The van der Waals surface area contributed by atoms with E-state index in [4.69, 9.17) is 16.0 Å². The Balaban J connectivity index is 2.19. The molecule has 2 aromatic rings. The molecule has 18 heavy (non-hydrogen) atoms. The lowest BCUT2D eigenvalue weighted by atomic mass is 10.0. The number of rotatable bonds is 5. The van der Waals surface area contributed by atoms with Crippen molar-refractivity contribution in [1.82, 2.24) is 10.3 Å². The molecule has 2 heterocycles. The lowest BCUT2D eigenvalue weighted by Crippen LogP contribution is -2.22. The molecule has 1 unspecified atom stereocenters. The molecule has 0 radical (unpaired) electrons. The van der Waals surface area contributed by atoms with Crippen molar-refractivity contribution in [3.63, 3.8) is 0 Å². The maximum absolute atomic E-state index is 6.15. The Hall–Kier alpha value is -1.32. The molecule has 0 spiro atoms. The standard InChI is InChI=1S/C14H17ClN2O/c1-3-17-14(12-6-10(2)18-9-12)7-11-4-5-16-8-13(11)15/h4-6,8-9,14,17H,3,7H2,1-2H3.